The molecule has 0 aliphatic carbocycles. The largest absolute Gasteiger partial charge is 0.480 e. The van der Waals surface area contributed by atoms with Crippen LogP contribution in [-0.2, 0) is 4.79 Å². The van der Waals surface area contributed by atoms with Crippen molar-refractivity contribution in [2.45, 2.75) is 39.3 Å². The van der Waals surface area contributed by atoms with Crippen LogP contribution in [0.25, 0.3) is 21.6 Å². The number of thiophene rings is 1. The molecule has 0 saturated heterocycles. The van der Waals surface area contributed by atoms with Gasteiger partial charge in [-0.2, -0.15) is 5.10 Å². The molecular weight excluding hydrogens is 352 g/mol. The normalized spacial score (nSPS) is 12.5. The third-order valence-corrected chi connectivity index (χ3v) is 4.98. The van der Waals surface area contributed by atoms with E-state index in [-0.39, 0.29) is 6.04 Å². The van der Waals surface area contributed by atoms with Crippen molar-refractivity contribution in [3.05, 3.63) is 35.3 Å². The van der Waals surface area contributed by atoms with Crippen LogP contribution < -0.4 is 5.32 Å². The van der Waals surface area contributed by atoms with E-state index in [1.165, 1.54) is 11.3 Å². The van der Waals surface area contributed by atoms with E-state index in [0.29, 0.717) is 28.7 Å². The maximum absolute atomic E-state index is 12.8. The maximum atomic E-state index is 12.8. The molecule has 3 heterocycles. The molecule has 0 aliphatic rings. The van der Waals surface area contributed by atoms with E-state index in [1.807, 2.05) is 31.4 Å². The number of carbonyl (C=O) groups is 2. The number of hydrogen-bond acceptors (Lipinski definition) is 5. The van der Waals surface area contributed by atoms with Gasteiger partial charge in [0.25, 0.3) is 5.91 Å². The summed E-state index contributed by atoms with van der Waals surface area (Å²) in [5.74, 6) is -1.49. The predicted octanol–water partition coefficient (Wildman–Crippen LogP) is 3.33. The number of fused-ring (bicyclic) bond motifs is 1. The highest BCUT2D eigenvalue weighted by atomic mass is 32.1. The molecule has 0 aromatic carbocycles. The third kappa shape index (κ3) is 3.32. The minimum absolute atomic E-state index is 0.0805. The standard InChI is InChI=1S/C18H20N4O3S/c1-4-13(18(24)25)21-17(23)11-8-14(15-6-5-7-26-15)20-16-12(11)9-19-22(16)10(2)3/h5-10,13H,4H2,1-3H3,(H,21,23)(H,24,25). The third-order valence-electron chi connectivity index (χ3n) is 4.09. The average molecular weight is 372 g/mol. The molecule has 3 aromatic rings. The SMILES string of the molecule is CCC(NC(=O)c1cc(-c2cccs2)nc2c1cnn2C(C)C)C(=O)O. The van der Waals surface area contributed by atoms with Gasteiger partial charge < -0.3 is 10.4 Å². The number of rotatable bonds is 6. The zero-order valence-corrected chi connectivity index (χ0v) is 15.6. The lowest BCUT2D eigenvalue weighted by Gasteiger charge is -2.14. The van der Waals surface area contributed by atoms with Crippen molar-refractivity contribution in [2.24, 2.45) is 0 Å². The molecule has 0 aliphatic heterocycles. The first-order valence-corrected chi connectivity index (χ1v) is 9.26. The number of carbonyl (C=O) groups excluding carboxylic acids is 1. The molecular formula is C18H20N4O3S. The highest BCUT2D eigenvalue weighted by Crippen LogP contribution is 2.29. The van der Waals surface area contributed by atoms with E-state index in [4.69, 9.17) is 4.98 Å². The van der Waals surface area contributed by atoms with E-state index in [2.05, 4.69) is 10.4 Å². The molecule has 136 valence electrons. The summed E-state index contributed by atoms with van der Waals surface area (Å²) in [6, 6.07) is 4.70. The lowest BCUT2D eigenvalue weighted by Crippen LogP contribution is -2.40. The fraction of sp³-hybridized carbons (Fsp3) is 0.333. The van der Waals surface area contributed by atoms with Crippen molar-refractivity contribution in [3.63, 3.8) is 0 Å². The number of aromatic nitrogens is 3. The van der Waals surface area contributed by atoms with Gasteiger partial charge in [-0.25, -0.2) is 14.5 Å². The van der Waals surface area contributed by atoms with Gasteiger partial charge in [-0.3, -0.25) is 4.79 Å². The van der Waals surface area contributed by atoms with E-state index in [0.717, 1.165) is 4.88 Å². The molecule has 7 nitrogen and oxygen atoms in total. The summed E-state index contributed by atoms with van der Waals surface area (Å²) in [5, 5.41) is 18.7. The fourth-order valence-corrected chi connectivity index (χ4v) is 3.39. The van der Waals surface area contributed by atoms with Crippen molar-refractivity contribution in [1.29, 1.82) is 0 Å². The topological polar surface area (TPSA) is 97.1 Å². The van der Waals surface area contributed by atoms with Crippen molar-refractivity contribution in [3.8, 4) is 10.6 Å². The number of hydrogen-bond donors (Lipinski definition) is 2. The highest BCUT2D eigenvalue weighted by Gasteiger charge is 2.23. The first-order valence-electron chi connectivity index (χ1n) is 8.38. The first kappa shape index (κ1) is 18.1. The summed E-state index contributed by atoms with van der Waals surface area (Å²) in [6.45, 7) is 5.70. The summed E-state index contributed by atoms with van der Waals surface area (Å²) in [5.41, 5.74) is 1.66. The number of carboxylic acids is 1. The Morgan fingerprint density at radius 3 is 2.73 bits per heavy atom. The molecule has 26 heavy (non-hydrogen) atoms. The second kappa shape index (κ2) is 7.25. The lowest BCUT2D eigenvalue weighted by atomic mass is 10.1. The maximum Gasteiger partial charge on any atom is 0.326 e. The number of carboxylic acid groups (broad SMARTS) is 1. The number of pyridine rings is 1. The lowest BCUT2D eigenvalue weighted by molar-refractivity contribution is -0.139. The average Bonchev–Trinajstić information content (AvgIpc) is 3.27. The van der Waals surface area contributed by atoms with Crippen molar-refractivity contribution in [1.82, 2.24) is 20.1 Å². The molecule has 0 fully saturated rings. The molecule has 3 rings (SSSR count). The molecule has 1 amide bonds. The minimum Gasteiger partial charge on any atom is -0.480 e. The highest BCUT2D eigenvalue weighted by molar-refractivity contribution is 7.13. The Hall–Kier alpha value is -2.74. The molecule has 8 heteroatoms. The summed E-state index contributed by atoms with van der Waals surface area (Å²) in [4.78, 5) is 29.7. The van der Waals surface area contributed by atoms with Crippen LogP contribution in [0.3, 0.4) is 0 Å². The van der Waals surface area contributed by atoms with E-state index >= 15 is 0 Å². The second-order valence-electron chi connectivity index (χ2n) is 6.23. The monoisotopic (exact) mass is 372 g/mol. The van der Waals surface area contributed by atoms with Crippen molar-refractivity contribution >= 4 is 34.2 Å². The van der Waals surface area contributed by atoms with Gasteiger partial charge in [0.15, 0.2) is 5.65 Å². The van der Waals surface area contributed by atoms with Crippen LogP contribution in [0.1, 0.15) is 43.6 Å². The van der Waals surface area contributed by atoms with Crippen LogP contribution in [-0.4, -0.2) is 37.8 Å². The molecule has 0 spiro atoms. The van der Waals surface area contributed by atoms with Gasteiger partial charge in [-0.15, -0.1) is 11.3 Å². The molecule has 1 atom stereocenters. The van der Waals surface area contributed by atoms with Gasteiger partial charge in [-0.1, -0.05) is 13.0 Å². The van der Waals surface area contributed by atoms with Crippen LogP contribution in [0.5, 0.6) is 0 Å². The van der Waals surface area contributed by atoms with Gasteiger partial charge in [0.05, 0.1) is 27.7 Å². The van der Waals surface area contributed by atoms with Crippen molar-refractivity contribution in [2.75, 3.05) is 0 Å². The minimum atomic E-state index is -1.05. The summed E-state index contributed by atoms with van der Waals surface area (Å²) >= 11 is 1.53. The quantitative estimate of drug-likeness (QED) is 0.692. The molecule has 0 saturated carbocycles. The fourth-order valence-electron chi connectivity index (χ4n) is 2.71. The van der Waals surface area contributed by atoms with Gasteiger partial charge in [0.2, 0.25) is 0 Å². The summed E-state index contributed by atoms with van der Waals surface area (Å²) in [7, 11) is 0. The number of nitrogens with zero attached hydrogens (tertiary/aromatic N) is 3. The molecule has 2 N–H and O–H groups in total. The van der Waals surface area contributed by atoms with E-state index < -0.39 is 17.9 Å². The Morgan fingerprint density at radius 1 is 1.38 bits per heavy atom. The Morgan fingerprint density at radius 2 is 2.15 bits per heavy atom. The van der Waals surface area contributed by atoms with E-state index in [1.54, 1.807) is 23.9 Å². The van der Waals surface area contributed by atoms with Gasteiger partial charge in [-0.05, 0) is 37.8 Å². The Labute approximate surface area is 154 Å². The smallest absolute Gasteiger partial charge is 0.326 e. The summed E-state index contributed by atoms with van der Waals surface area (Å²) in [6.07, 6.45) is 1.91. The Kier molecular flexibility index (Phi) is 5.03. The van der Waals surface area contributed by atoms with Crippen LogP contribution in [0.15, 0.2) is 29.8 Å². The van der Waals surface area contributed by atoms with Crippen LogP contribution in [0.2, 0.25) is 0 Å². The zero-order chi connectivity index (χ0) is 18.8. The predicted molar refractivity (Wildman–Crippen MR) is 100 cm³/mol. The van der Waals surface area contributed by atoms with Gasteiger partial charge >= 0.3 is 5.97 Å². The molecule has 0 radical (unpaired) electrons. The Bertz CT molecular complexity index is 947. The van der Waals surface area contributed by atoms with Gasteiger partial charge in [0.1, 0.15) is 6.04 Å². The van der Waals surface area contributed by atoms with Crippen LogP contribution >= 0.6 is 11.3 Å². The van der Waals surface area contributed by atoms with Crippen LogP contribution in [0, 0.1) is 0 Å². The van der Waals surface area contributed by atoms with E-state index in [9.17, 15) is 14.7 Å². The Balaban J connectivity index is 2.14. The second-order valence-corrected chi connectivity index (χ2v) is 7.17. The number of amides is 1. The van der Waals surface area contributed by atoms with Gasteiger partial charge in [0, 0.05) is 6.04 Å². The van der Waals surface area contributed by atoms with Crippen LogP contribution in [0.4, 0.5) is 0 Å². The molecule has 1 unspecified atom stereocenters. The zero-order valence-electron chi connectivity index (χ0n) is 14.8. The first-order chi connectivity index (χ1) is 12.4. The summed E-state index contributed by atoms with van der Waals surface area (Å²) < 4.78 is 1.76. The van der Waals surface area contributed by atoms with Crippen molar-refractivity contribution < 1.29 is 14.7 Å². The number of nitrogens with one attached hydrogen (secondary N) is 1. The molecule has 0 bridgehead atoms. The number of aliphatic carboxylic acids is 1. The molecule has 3 aromatic heterocycles.